The molecule has 2 fully saturated rings. The van der Waals surface area contributed by atoms with Crippen LogP contribution in [-0.4, -0.2) is 32.1 Å². The number of carbonyl (C=O) groups excluding carboxylic acids is 1. The Morgan fingerprint density at radius 1 is 1.25 bits per heavy atom. The first kappa shape index (κ1) is 11.4. The van der Waals surface area contributed by atoms with E-state index in [-0.39, 0.29) is 0 Å². The van der Waals surface area contributed by atoms with Crippen LogP contribution in [0.25, 0.3) is 0 Å². The minimum Gasteiger partial charge on any atom is -0.468 e. The second kappa shape index (κ2) is 4.04. The van der Waals surface area contributed by atoms with Gasteiger partial charge in [-0.2, -0.15) is 5.26 Å². The third-order valence-corrected chi connectivity index (χ3v) is 3.47. The molecule has 2 rings (SSSR count). The standard InChI is InChI=1S/C11H15NO4/c1-14-9(13)10(8-12)2-4-11(5-3-10)15-6-7-16-11/h2-7H2,1H3. The topological polar surface area (TPSA) is 68.6 Å². The zero-order chi connectivity index (χ0) is 11.6. The summed E-state index contributed by atoms with van der Waals surface area (Å²) in [7, 11) is 1.31. The Bertz CT molecular complexity index is 317. The van der Waals surface area contributed by atoms with Gasteiger partial charge in [0.05, 0.1) is 26.4 Å². The highest BCUT2D eigenvalue weighted by Crippen LogP contribution is 2.44. The number of ether oxygens (including phenoxy) is 3. The maximum atomic E-state index is 11.6. The summed E-state index contributed by atoms with van der Waals surface area (Å²) in [6.07, 6.45) is 2.04. The summed E-state index contributed by atoms with van der Waals surface area (Å²) in [6, 6.07) is 2.09. The molecule has 1 aliphatic carbocycles. The number of rotatable bonds is 1. The quantitative estimate of drug-likeness (QED) is 0.622. The van der Waals surface area contributed by atoms with E-state index < -0.39 is 17.2 Å². The maximum absolute atomic E-state index is 11.6. The van der Waals surface area contributed by atoms with Crippen molar-refractivity contribution in [1.29, 1.82) is 5.26 Å². The number of hydrogen-bond acceptors (Lipinski definition) is 5. The molecular weight excluding hydrogens is 210 g/mol. The first-order valence-corrected chi connectivity index (χ1v) is 5.44. The van der Waals surface area contributed by atoms with E-state index in [2.05, 4.69) is 6.07 Å². The van der Waals surface area contributed by atoms with E-state index in [0.717, 1.165) is 0 Å². The molecule has 0 aromatic carbocycles. The zero-order valence-corrected chi connectivity index (χ0v) is 9.32. The third-order valence-electron chi connectivity index (χ3n) is 3.47. The number of nitriles is 1. The molecule has 0 unspecified atom stereocenters. The Kier molecular flexibility index (Phi) is 2.87. The zero-order valence-electron chi connectivity index (χ0n) is 9.32. The fourth-order valence-electron chi connectivity index (χ4n) is 2.40. The van der Waals surface area contributed by atoms with Crippen LogP contribution in [0.2, 0.25) is 0 Å². The lowest BCUT2D eigenvalue weighted by Gasteiger charge is -2.37. The molecule has 0 N–H and O–H groups in total. The smallest absolute Gasteiger partial charge is 0.326 e. The van der Waals surface area contributed by atoms with Crippen molar-refractivity contribution in [1.82, 2.24) is 0 Å². The van der Waals surface area contributed by atoms with E-state index in [4.69, 9.17) is 19.5 Å². The Labute approximate surface area is 94.3 Å². The summed E-state index contributed by atoms with van der Waals surface area (Å²) in [5.74, 6) is -0.989. The van der Waals surface area contributed by atoms with Crippen molar-refractivity contribution in [2.75, 3.05) is 20.3 Å². The van der Waals surface area contributed by atoms with Gasteiger partial charge in [-0.1, -0.05) is 0 Å². The first-order chi connectivity index (χ1) is 7.66. The molecule has 0 aromatic heterocycles. The summed E-state index contributed by atoms with van der Waals surface area (Å²) >= 11 is 0. The van der Waals surface area contributed by atoms with Crippen molar-refractivity contribution >= 4 is 5.97 Å². The number of esters is 1. The van der Waals surface area contributed by atoms with Crippen LogP contribution in [0.3, 0.4) is 0 Å². The van der Waals surface area contributed by atoms with Crippen molar-refractivity contribution in [3.8, 4) is 6.07 Å². The van der Waals surface area contributed by atoms with Gasteiger partial charge in [0.2, 0.25) is 0 Å². The van der Waals surface area contributed by atoms with Gasteiger partial charge in [0.25, 0.3) is 0 Å². The molecule has 0 bridgehead atoms. The molecule has 16 heavy (non-hydrogen) atoms. The maximum Gasteiger partial charge on any atom is 0.326 e. The molecule has 1 spiro atoms. The Balaban J connectivity index is 2.07. The molecule has 1 aliphatic heterocycles. The predicted molar refractivity (Wildman–Crippen MR) is 53.2 cm³/mol. The van der Waals surface area contributed by atoms with E-state index in [0.29, 0.717) is 38.9 Å². The van der Waals surface area contributed by atoms with Gasteiger partial charge >= 0.3 is 5.97 Å². The van der Waals surface area contributed by atoms with Gasteiger partial charge in [-0.3, -0.25) is 4.79 Å². The van der Waals surface area contributed by atoms with Gasteiger partial charge in [0.15, 0.2) is 11.2 Å². The molecule has 0 atom stereocenters. The van der Waals surface area contributed by atoms with Crippen molar-refractivity contribution in [2.24, 2.45) is 5.41 Å². The van der Waals surface area contributed by atoms with Crippen LogP contribution in [-0.2, 0) is 19.0 Å². The number of methoxy groups -OCH3 is 1. The van der Waals surface area contributed by atoms with Crippen molar-refractivity contribution in [3.63, 3.8) is 0 Å². The molecule has 0 aromatic rings. The van der Waals surface area contributed by atoms with Gasteiger partial charge in [-0.25, -0.2) is 0 Å². The van der Waals surface area contributed by atoms with Gasteiger partial charge in [-0.15, -0.1) is 0 Å². The second-order valence-electron chi connectivity index (χ2n) is 4.29. The largest absolute Gasteiger partial charge is 0.468 e. The summed E-state index contributed by atoms with van der Waals surface area (Å²) in [5, 5.41) is 9.14. The summed E-state index contributed by atoms with van der Waals surface area (Å²) < 4.78 is 15.8. The Hall–Kier alpha value is -1.12. The molecule has 0 radical (unpaired) electrons. The van der Waals surface area contributed by atoms with Crippen molar-refractivity contribution in [3.05, 3.63) is 0 Å². The Morgan fingerprint density at radius 2 is 1.81 bits per heavy atom. The highest BCUT2D eigenvalue weighted by Gasteiger charge is 2.50. The lowest BCUT2D eigenvalue weighted by molar-refractivity contribution is -0.193. The molecule has 1 saturated carbocycles. The molecule has 1 heterocycles. The lowest BCUT2D eigenvalue weighted by atomic mass is 9.73. The van der Waals surface area contributed by atoms with Crippen LogP contribution < -0.4 is 0 Å². The molecule has 88 valence electrons. The molecule has 5 nitrogen and oxygen atoms in total. The first-order valence-electron chi connectivity index (χ1n) is 5.44. The lowest BCUT2D eigenvalue weighted by Crippen LogP contribution is -2.43. The molecule has 0 amide bonds. The van der Waals surface area contributed by atoms with Gasteiger partial charge in [0, 0.05) is 12.8 Å². The molecule has 1 saturated heterocycles. The van der Waals surface area contributed by atoms with Crippen LogP contribution in [0.4, 0.5) is 0 Å². The van der Waals surface area contributed by atoms with Gasteiger partial charge in [-0.05, 0) is 12.8 Å². The fourth-order valence-corrected chi connectivity index (χ4v) is 2.40. The van der Waals surface area contributed by atoms with Crippen molar-refractivity contribution < 1.29 is 19.0 Å². The number of carbonyl (C=O) groups is 1. The minimum absolute atomic E-state index is 0.441. The average molecular weight is 225 g/mol. The summed E-state index contributed by atoms with van der Waals surface area (Å²) in [4.78, 5) is 11.6. The fraction of sp³-hybridized carbons (Fsp3) is 0.818. The highest BCUT2D eigenvalue weighted by atomic mass is 16.7. The van der Waals surface area contributed by atoms with Crippen molar-refractivity contribution in [2.45, 2.75) is 31.5 Å². The minimum atomic E-state index is -1.00. The molecule has 5 heteroatoms. The van der Waals surface area contributed by atoms with E-state index >= 15 is 0 Å². The number of nitrogens with zero attached hydrogens (tertiary/aromatic N) is 1. The number of hydrogen-bond donors (Lipinski definition) is 0. The SMILES string of the molecule is COC(=O)C1(C#N)CCC2(CC1)OCCO2. The van der Waals surface area contributed by atoms with E-state index in [9.17, 15) is 4.79 Å². The van der Waals surface area contributed by atoms with Gasteiger partial charge < -0.3 is 14.2 Å². The van der Waals surface area contributed by atoms with Crippen LogP contribution in [0.15, 0.2) is 0 Å². The average Bonchev–Trinajstić information content (AvgIpc) is 2.78. The monoisotopic (exact) mass is 225 g/mol. The second-order valence-corrected chi connectivity index (χ2v) is 4.29. The normalized spacial score (nSPS) is 26.2. The van der Waals surface area contributed by atoms with Gasteiger partial charge in [0.1, 0.15) is 0 Å². The summed E-state index contributed by atoms with van der Waals surface area (Å²) in [5.41, 5.74) is -1.00. The molecular formula is C11H15NO4. The van der Waals surface area contributed by atoms with E-state index in [1.165, 1.54) is 7.11 Å². The predicted octanol–water partition coefficient (Wildman–Crippen LogP) is 0.986. The van der Waals surface area contributed by atoms with E-state index in [1.807, 2.05) is 0 Å². The third kappa shape index (κ3) is 1.68. The van der Waals surface area contributed by atoms with Crippen LogP contribution >= 0.6 is 0 Å². The highest BCUT2D eigenvalue weighted by molar-refractivity contribution is 5.80. The summed E-state index contributed by atoms with van der Waals surface area (Å²) in [6.45, 7) is 1.19. The Morgan fingerprint density at radius 3 is 2.25 bits per heavy atom. The van der Waals surface area contributed by atoms with Crippen LogP contribution in [0.5, 0.6) is 0 Å². The molecule has 2 aliphatic rings. The van der Waals surface area contributed by atoms with Crippen LogP contribution in [0.1, 0.15) is 25.7 Å². The van der Waals surface area contributed by atoms with Crippen LogP contribution in [0, 0.1) is 16.7 Å². The van der Waals surface area contributed by atoms with E-state index in [1.54, 1.807) is 0 Å².